The van der Waals surface area contributed by atoms with Gasteiger partial charge in [-0.3, -0.25) is 4.90 Å². The van der Waals surface area contributed by atoms with Gasteiger partial charge in [-0.1, -0.05) is 91.0 Å². The fraction of sp³-hybridized carbons (Fsp3) is 0.396. The largest absolute Gasteiger partial charge is 0.471 e. The van der Waals surface area contributed by atoms with Crippen molar-refractivity contribution in [2.45, 2.75) is 70.1 Å². The van der Waals surface area contributed by atoms with Crippen molar-refractivity contribution in [1.82, 2.24) is 34.5 Å². The first kappa shape index (κ1) is 38.7. The zero-order chi connectivity index (χ0) is 40.6. The number of hydrogen-bond donors (Lipinski definition) is 0. The molecule has 9 rings (SSSR count). The molecule has 59 heavy (non-hydrogen) atoms. The van der Waals surface area contributed by atoms with Crippen molar-refractivity contribution < 1.29 is 14.3 Å². The first-order valence-corrected chi connectivity index (χ1v) is 21.1. The van der Waals surface area contributed by atoms with Crippen LogP contribution in [0.3, 0.4) is 0 Å². The van der Waals surface area contributed by atoms with Crippen LogP contribution < -0.4 is 9.64 Å². The highest BCUT2D eigenvalue weighted by molar-refractivity contribution is 5.93. The number of piperazine rings is 1. The maximum atomic E-state index is 12.6. The van der Waals surface area contributed by atoms with Gasteiger partial charge in [0.05, 0.1) is 17.4 Å². The molecular formula is C48H54N8O3. The highest BCUT2D eigenvalue weighted by atomic mass is 16.6. The minimum absolute atomic E-state index is 0.193. The summed E-state index contributed by atoms with van der Waals surface area (Å²) in [7, 11) is 0. The Morgan fingerprint density at radius 3 is 1.92 bits per heavy atom. The lowest BCUT2D eigenvalue weighted by Gasteiger charge is -2.39. The van der Waals surface area contributed by atoms with Crippen LogP contribution in [-0.2, 0) is 10.3 Å². The maximum absolute atomic E-state index is 12.6. The second-order valence-electron chi connectivity index (χ2n) is 17.6. The van der Waals surface area contributed by atoms with Gasteiger partial charge >= 0.3 is 6.09 Å². The summed E-state index contributed by atoms with van der Waals surface area (Å²) in [6.45, 7) is 13.9. The first-order chi connectivity index (χ1) is 28.6. The minimum atomic E-state index is -0.840. The molecule has 2 saturated heterocycles. The number of piperidine rings is 1. The van der Waals surface area contributed by atoms with E-state index in [2.05, 4.69) is 118 Å². The standard InChI is InChI=1S/C48H54N8O3/c1-46(2,3)59-45(57)55-28-26-53(27-29-55)33-35-20-24-54(25-21-35)42-31-40(50-34-51-42)44-39-30-43(58-47(4)22-23-47)49-32-41(39)56(52-44)48(36-14-8-5-9-15-36,37-16-10-6-11-17-37)38-18-12-7-13-19-38/h5-19,30-32,34-35H,20-29,33H2,1-4H3. The molecule has 3 aromatic carbocycles. The molecule has 0 unspecified atom stereocenters. The van der Waals surface area contributed by atoms with Gasteiger partial charge in [-0.2, -0.15) is 5.10 Å². The van der Waals surface area contributed by atoms with E-state index < -0.39 is 11.1 Å². The normalized spacial score (nSPS) is 17.6. The van der Waals surface area contributed by atoms with Gasteiger partial charge < -0.3 is 19.3 Å². The Balaban J connectivity index is 1.03. The number of aromatic nitrogens is 5. The number of anilines is 1. The number of rotatable bonds is 10. The molecule has 3 fully saturated rings. The Morgan fingerprint density at radius 2 is 1.36 bits per heavy atom. The monoisotopic (exact) mass is 790 g/mol. The van der Waals surface area contributed by atoms with Gasteiger partial charge in [0.2, 0.25) is 5.88 Å². The van der Waals surface area contributed by atoms with Crippen LogP contribution >= 0.6 is 0 Å². The lowest BCUT2D eigenvalue weighted by Crippen LogP contribution is -2.51. The Morgan fingerprint density at radius 1 is 0.763 bits per heavy atom. The Bertz CT molecular complexity index is 2280. The number of hydrogen-bond acceptors (Lipinski definition) is 9. The fourth-order valence-corrected chi connectivity index (χ4v) is 8.73. The van der Waals surface area contributed by atoms with Gasteiger partial charge in [-0.05, 0) is 76.0 Å². The summed E-state index contributed by atoms with van der Waals surface area (Å²) in [5.74, 6) is 2.07. The number of benzene rings is 3. The van der Waals surface area contributed by atoms with Gasteiger partial charge in [0, 0.05) is 63.3 Å². The third-order valence-electron chi connectivity index (χ3n) is 12.1. The Kier molecular flexibility index (Phi) is 10.3. The van der Waals surface area contributed by atoms with Crippen molar-refractivity contribution in [2.75, 3.05) is 50.7 Å². The first-order valence-electron chi connectivity index (χ1n) is 21.1. The minimum Gasteiger partial charge on any atom is -0.471 e. The summed E-state index contributed by atoms with van der Waals surface area (Å²) in [6, 6.07) is 36.0. The number of ether oxygens (including phenoxy) is 2. The summed E-state index contributed by atoms with van der Waals surface area (Å²) in [5, 5.41) is 6.50. The molecular weight excluding hydrogens is 737 g/mol. The topological polar surface area (TPSA) is 102 Å². The highest BCUT2D eigenvalue weighted by Crippen LogP contribution is 2.45. The van der Waals surface area contributed by atoms with Crippen LogP contribution in [-0.4, -0.2) is 97.6 Å². The molecule has 0 bridgehead atoms. The molecule has 6 aromatic rings. The number of carbonyl (C=O) groups is 1. The summed E-state index contributed by atoms with van der Waals surface area (Å²) in [6.07, 6.45) is 7.54. The molecule has 11 nitrogen and oxygen atoms in total. The SMILES string of the molecule is CC(C)(C)OC(=O)N1CCN(CC2CCN(c3cc(-c4nn(C(c5ccccc5)(c5ccccc5)c5ccccc5)c5cnc(OC6(C)CC6)cc45)ncn3)CC2)CC1. The van der Waals surface area contributed by atoms with Crippen LogP contribution in [0.2, 0.25) is 0 Å². The molecule has 0 spiro atoms. The smallest absolute Gasteiger partial charge is 0.410 e. The summed E-state index contributed by atoms with van der Waals surface area (Å²) in [4.78, 5) is 33.9. The van der Waals surface area contributed by atoms with Crippen LogP contribution in [0, 0.1) is 5.92 Å². The highest BCUT2D eigenvalue weighted by Gasteiger charge is 2.43. The van der Waals surface area contributed by atoms with E-state index in [0.717, 1.165) is 103 Å². The van der Waals surface area contributed by atoms with E-state index in [9.17, 15) is 4.79 Å². The fourth-order valence-electron chi connectivity index (χ4n) is 8.73. The Labute approximate surface area is 347 Å². The van der Waals surface area contributed by atoms with E-state index in [0.29, 0.717) is 24.9 Å². The molecule has 3 aliphatic rings. The van der Waals surface area contributed by atoms with Crippen LogP contribution in [0.25, 0.3) is 22.3 Å². The number of amides is 1. The quantitative estimate of drug-likeness (QED) is 0.127. The maximum Gasteiger partial charge on any atom is 0.410 e. The second kappa shape index (κ2) is 15.7. The van der Waals surface area contributed by atoms with Gasteiger partial charge in [-0.15, -0.1) is 0 Å². The number of nitrogens with zero attached hydrogens (tertiary/aromatic N) is 8. The number of pyridine rings is 1. The molecule has 1 aliphatic carbocycles. The van der Waals surface area contributed by atoms with E-state index in [1.54, 1.807) is 6.33 Å². The zero-order valence-corrected chi connectivity index (χ0v) is 34.6. The van der Waals surface area contributed by atoms with Crippen molar-refractivity contribution >= 4 is 22.8 Å². The molecule has 0 atom stereocenters. The van der Waals surface area contributed by atoms with Crippen molar-refractivity contribution in [1.29, 1.82) is 0 Å². The molecule has 2 aliphatic heterocycles. The average molecular weight is 791 g/mol. The number of carbonyl (C=O) groups excluding carboxylic acids is 1. The third-order valence-corrected chi connectivity index (χ3v) is 12.1. The third kappa shape index (κ3) is 8.00. The molecule has 3 aromatic heterocycles. The van der Waals surface area contributed by atoms with E-state index >= 15 is 0 Å². The molecule has 1 amide bonds. The predicted octanol–water partition coefficient (Wildman–Crippen LogP) is 8.43. The lowest BCUT2D eigenvalue weighted by atomic mass is 9.77. The number of fused-ring (bicyclic) bond motifs is 1. The van der Waals surface area contributed by atoms with Crippen molar-refractivity contribution in [3.05, 3.63) is 132 Å². The van der Waals surface area contributed by atoms with Gasteiger partial charge in [0.15, 0.2) is 0 Å². The molecule has 0 N–H and O–H groups in total. The van der Waals surface area contributed by atoms with Crippen LogP contribution in [0.4, 0.5) is 10.6 Å². The molecule has 0 radical (unpaired) electrons. The van der Waals surface area contributed by atoms with Crippen LogP contribution in [0.15, 0.2) is 116 Å². The molecule has 304 valence electrons. The van der Waals surface area contributed by atoms with Crippen LogP contribution in [0.1, 0.15) is 70.1 Å². The molecule has 1 saturated carbocycles. The second-order valence-corrected chi connectivity index (χ2v) is 17.6. The average Bonchev–Trinajstić information content (AvgIpc) is 3.87. The van der Waals surface area contributed by atoms with Crippen molar-refractivity contribution in [2.24, 2.45) is 5.92 Å². The van der Waals surface area contributed by atoms with Crippen LogP contribution in [0.5, 0.6) is 5.88 Å². The van der Waals surface area contributed by atoms with Gasteiger partial charge in [0.25, 0.3) is 0 Å². The van der Waals surface area contributed by atoms with E-state index in [1.807, 2.05) is 37.9 Å². The summed E-state index contributed by atoms with van der Waals surface area (Å²) < 4.78 is 14.2. The predicted molar refractivity (Wildman–Crippen MR) is 231 cm³/mol. The summed E-state index contributed by atoms with van der Waals surface area (Å²) >= 11 is 0. The molecule has 11 heteroatoms. The van der Waals surface area contributed by atoms with E-state index in [1.165, 1.54) is 0 Å². The Hall–Kier alpha value is -5.81. The zero-order valence-electron chi connectivity index (χ0n) is 34.6. The van der Waals surface area contributed by atoms with E-state index in [4.69, 9.17) is 29.5 Å². The van der Waals surface area contributed by atoms with Crippen molar-refractivity contribution in [3.63, 3.8) is 0 Å². The lowest BCUT2D eigenvalue weighted by molar-refractivity contribution is 0.0130. The van der Waals surface area contributed by atoms with E-state index in [-0.39, 0.29) is 11.7 Å². The molecule has 5 heterocycles. The van der Waals surface area contributed by atoms with Gasteiger partial charge in [-0.25, -0.2) is 24.4 Å². The van der Waals surface area contributed by atoms with Crippen molar-refractivity contribution in [3.8, 4) is 17.3 Å². The van der Waals surface area contributed by atoms with Gasteiger partial charge in [0.1, 0.15) is 34.6 Å². The summed E-state index contributed by atoms with van der Waals surface area (Å²) in [5.41, 5.74) is 4.10.